The summed E-state index contributed by atoms with van der Waals surface area (Å²) in [5.41, 5.74) is 7.81. The fraction of sp³-hybridized carbons (Fsp3) is 0.103. The minimum atomic E-state index is -0.202. The fourth-order valence-electron chi connectivity index (χ4n) is 5.04. The van der Waals surface area contributed by atoms with E-state index in [-0.39, 0.29) is 5.41 Å². The number of fused-ring (bicyclic) bond motifs is 5. The van der Waals surface area contributed by atoms with Crippen molar-refractivity contribution in [2.75, 3.05) is 0 Å². The standard InChI is InChI=1S/C29H22N2/c1-29(2)24-22-16-10-9-11-19(22)17-18-23(24)27-25(29)26(20-12-5-3-6-13-20)30-28(31-27)21-14-7-4-8-15-21/h3-18H,1-2H3. The molecule has 1 aliphatic carbocycles. The van der Waals surface area contributed by atoms with Gasteiger partial charge in [-0.1, -0.05) is 111 Å². The van der Waals surface area contributed by atoms with E-state index in [4.69, 9.17) is 9.97 Å². The highest BCUT2D eigenvalue weighted by Crippen LogP contribution is 2.53. The molecule has 0 bridgehead atoms. The second-order valence-electron chi connectivity index (χ2n) is 8.69. The van der Waals surface area contributed by atoms with Crippen molar-refractivity contribution in [3.05, 3.63) is 108 Å². The van der Waals surface area contributed by atoms with Crippen molar-refractivity contribution in [2.45, 2.75) is 19.3 Å². The third-order valence-corrected chi connectivity index (χ3v) is 6.42. The van der Waals surface area contributed by atoms with Gasteiger partial charge in [0.1, 0.15) is 0 Å². The summed E-state index contributed by atoms with van der Waals surface area (Å²) < 4.78 is 0. The second kappa shape index (κ2) is 6.61. The first-order chi connectivity index (χ1) is 15.1. The van der Waals surface area contributed by atoms with Crippen LogP contribution in [-0.4, -0.2) is 9.97 Å². The first kappa shape index (κ1) is 18.0. The molecule has 2 heteroatoms. The highest BCUT2D eigenvalue weighted by molar-refractivity contribution is 5.98. The molecule has 6 rings (SSSR count). The smallest absolute Gasteiger partial charge is 0.160 e. The van der Waals surface area contributed by atoms with E-state index < -0.39 is 0 Å². The Labute approximate surface area is 182 Å². The molecule has 0 radical (unpaired) electrons. The Hall–Kier alpha value is -3.78. The van der Waals surface area contributed by atoms with Crippen LogP contribution in [0, 0.1) is 0 Å². The van der Waals surface area contributed by atoms with E-state index >= 15 is 0 Å². The van der Waals surface area contributed by atoms with Crippen LogP contribution in [-0.2, 0) is 5.41 Å². The molecule has 0 atom stereocenters. The van der Waals surface area contributed by atoms with E-state index in [0.29, 0.717) is 0 Å². The minimum Gasteiger partial charge on any atom is -0.228 e. The summed E-state index contributed by atoms with van der Waals surface area (Å²) in [6.45, 7) is 4.62. The van der Waals surface area contributed by atoms with Crippen molar-refractivity contribution in [2.24, 2.45) is 0 Å². The normalized spacial score (nSPS) is 13.7. The van der Waals surface area contributed by atoms with Gasteiger partial charge in [0.05, 0.1) is 11.4 Å². The van der Waals surface area contributed by atoms with Crippen molar-refractivity contribution in [3.8, 4) is 33.9 Å². The molecule has 0 saturated carbocycles. The lowest BCUT2D eigenvalue weighted by atomic mass is 9.79. The number of aromatic nitrogens is 2. The average Bonchev–Trinajstić information content (AvgIpc) is 3.07. The molecule has 0 fully saturated rings. The molecule has 0 saturated heterocycles. The van der Waals surface area contributed by atoms with Crippen LogP contribution < -0.4 is 0 Å². The first-order valence-corrected chi connectivity index (χ1v) is 10.7. The van der Waals surface area contributed by atoms with Crippen LogP contribution in [0.2, 0.25) is 0 Å². The van der Waals surface area contributed by atoms with E-state index in [0.717, 1.165) is 28.3 Å². The first-order valence-electron chi connectivity index (χ1n) is 10.7. The average molecular weight is 399 g/mol. The van der Waals surface area contributed by atoms with Gasteiger partial charge in [0.25, 0.3) is 0 Å². The van der Waals surface area contributed by atoms with Crippen LogP contribution in [0.25, 0.3) is 44.7 Å². The van der Waals surface area contributed by atoms with E-state index in [1.54, 1.807) is 0 Å². The molecule has 4 aromatic carbocycles. The quantitative estimate of drug-likeness (QED) is 0.312. The van der Waals surface area contributed by atoms with Crippen molar-refractivity contribution in [1.29, 1.82) is 0 Å². The molecule has 0 spiro atoms. The lowest BCUT2D eigenvalue weighted by Crippen LogP contribution is -2.18. The van der Waals surface area contributed by atoms with Gasteiger partial charge in [-0.3, -0.25) is 0 Å². The van der Waals surface area contributed by atoms with Crippen LogP contribution in [0.4, 0.5) is 0 Å². The van der Waals surface area contributed by atoms with Crippen molar-refractivity contribution < 1.29 is 0 Å². The fourth-order valence-corrected chi connectivity index (χ4v) is 5.04. The predicted molar refractivity (Wildman–Crippen MR) is 128 cm³/mol. The molecule has 0 N–H and O–H groups in total. The highest BCUT2D eigenvalue weighted by Gasteiger charge is 2.41. The summed E-state index contributed by atoms with van der Waals surface area (Å²) in [5.74, 6) is 0.773. The number of hydrogen-bond donors (Lipinski definition) is 0. The summed E-state index contributed by atoms with van der Waals surface area (Å²) in [6, 6.07) is 33.9. The van der Waals surface area contributed by atoms with Crippen LogP contribution in [0.3, 0.4) is 0 Å². The van der Waals surface area contributed by atoms with Gasteiger partial charge in [-0.15, -0.1) is 0 Å². The zero-order valence-electron chi connectivity index (χ0n) is 17.6. The molecule has 0 amide bonds. The largest absolute Gasteiger partial charge is 0.228 e. The van der Waals surface area contributed by atoms with E-state index in [1.165, 1.54) is 27.5 Å². The topological polar surface area (TPSA) is 25.8 Å². The third kappa shape index (κ3) is 2.65. The van der Waals surface area contributed by atoms with Crippen molar-refractivity contribution in [1.82, 2.24) is 9.97 Å². The van der Waals surface area contributed by atoms with Crippen LogP contribution in [0.5, 0.6) is 0 Å². The zero-order valence-corrected chi connectivity index (χ0v) is 17.6. The van der Waals surface area contributed by atoms with Crippen LogP contribution in [0.1, 0.15) is 25.0 Å². The molecule has 0 unspecified atom stereocenters. The summed E-state index contributed by atoms with van der Waals surface area (Å²) in [5, 5.41) is 2.56. The number of nitrogens with zero attached hydrogens (tertiary/aromatic N) is 2. The Morgan fingerprint density at radius 3 is 1.90 bits per heavy atom. The second-order valence-corrected chi connectivity index (χ2v) is 8.69. The number of benzene rings is 4. The number of hydrogen-bond acceptors (Lipinski definition) is 2. The Morgan fingerprint density at radius 1 is 0.548 bits per heavy atom. The predicted octanol–water partition coefficient (Wildman–Crippen LogP) is 7.27. The van der Waals surface area contributed by atoms with Crippen molar-refractivity contribution >= 4 is 10.8 Å². The maximum Gasteiger partial charge on any atom is 0.160 e. The lowest BCUT2D eigenvalue weighted by Gasteiger charge is -2.25. The van der Waals surface area contributed by atoms with Gasteiger partial charge in [0.15, 0.2) is 5.82 Å². The highest BCUT2D eigenvalue weighted by atomic mass is 14.9. The van der Waals surface area contributed by atoms with Gasteiger partial charge in [0.2, 0.25) is 0 Å². The minimum absolute atomic E-state index is 0.202. The Bertz CT molecular complexity index is 1430. The Balaban J connectivity index is 1.73. The summed E-state index contributed by atoms with van der Waals surface area (Å²) in [4.78, 5) is 10.3. The van der Waals surface area contributed by atoms with Gasteiger partial charge >= 0.3 is 0 Å². The van der Waals surface area contributed by atoms with E-state index in [1.807, 2.05) is 18.2 Å². The van der Waals surface area contributed by atoms with Crippen LogP contribution in [0.15, 0.2) is 97.1 Å². The molecule has 1 aliphatic rings. The summed E-state index contributed by atoms with van der Waals surface area (Å²) >= 11 is 0. The van der Waals surface area contributed by atoms with Gasteiger partial charge in [0, 0.05) is 27.7 Å². The van der Waals surface area contributed by atoms with Crippen molar-refractivity contribution in [3.63, 3.8) is 0 Å². The Morgan fingerprint density at radius 2 is 1.16 bits per heavy atom. The monoisotopic (exact) mass is 398 g/mol. The number of rotatable bonds is 2. The summed E-state index contributed by atoms with van der Waals surface area (Å²) in [6.07, 6.45) is 0. The zero-order chi connectivity index (χ0) is 21.0. The maximum absolute atomic E-state index is 5.14. The van der Waals surface area contributed by atoms with Gasteiger partial charge in [-0.25, -0.2) is 9.97 Å². The Kier molecular flexibility index (Phi) is 3.85. The van der Waals surface area contributed by atoms with Gasteiger partial charge in [-0.05, 0) is 16.3 Å². The third-order valence-electron chi connectivity index (χ3n) is 6.42. The molecule has 148 valence electrons. The molecular formula is C29H22N2. The van der Waals surface area contributed by atoms with E-state index in [2.05, 4.69) is 92.7 Å². The molecule has 1 heterocycles. The van der Waals surface area contributed by atoms with Gasteiger partial charge < -0.3 is 0 Å². The molecular weight excluding hydrogens is 376 g/mol. The molecule has 5 aromatic rings. The molecule has 1 aromatic heterocycles. The maximum atomic E-state index is 5.14. The SMILES string of the molecule is CC1(C)c2c(-c3ccccc3)nc(-c3ccccc3)nc2-c2ccc3ccccc3c21. The summed E-state index contributed by atoms with van der Waals surface area (Å²) in [7, 11) is 0. The lowest BCUT2D eigenvalue weighted by molar-refractivity contribution is 0.663. The van der Waals surface area contributed by atoms with Gasteiger partial charge in [-0.2, -0.15) is 0 Å². The molecule has 31 heavy (non-hydrogen) atoms. The molecule has 2 nitrogen and oxygen atoms in total. The van der Waals surface area contributed by atoms with E-state index in [9.17, 15) is 0 Å². The molecule has 0 aliphatic heterocycles. The van der Waals surface area contributed by atoms with Crippen LogP contribution >= 0.6 is 0 Å².